The van der Waals surface area contributed by atoms with Crippen molar-refractivity contribution in [2.24, 2.45) is 0 Å². The van der Waals surface area contributed by atoms with E-state index in [2.05, 4.69) is 20.4 Å². The van der Waals surface area contributed by atoms with Gasteiger partial charge in [-0.15, -0.1) is 0 Å². The molecule has 0 fully saturated rings. The van der Waals surface area contributed by atoms with Crippen LogP contribution in [0.1, 0.15) is 22.1 Å². The van der Waals surface area contributed by atoms with Gasteiger partial charge in [-0.05, 0) is 36.4 Å². The molecule has 140 valence electrons. The highest BCUT2D eigenvalue weighted by atomic mass is 35.5. The number of hydrogen-bond acceptors (Lipinski definition) is 5. The lowest BCUT2D eigenvalue weighted by atomic mass is 10.2. The lowest BCUT2D eigenvalue weighted by molar-refractivity contribution is -0.141. The maximum atomic E-state index is 12.6. The number of carbonyl (C=O) groups is 1. The van der Waals surface area contributed by atoms with Crippen molar-refractivity contribution in [3.63, 3.8) is 0 Å². The van der Waals surface area contributed by atoms with E-state index >= 15 is 0 Å². The van der Waals surface area contributed by atoms with E-state index in [4.69, 9.17) is 16.1 Å². The van der Waals surface area contributed by atoms with Gasteiger partial charge in [0, 0.05) is 23.6 Å². The van der Waals surface area contributed by atoms with Crippen LogP contribution in [0.2, 0.25) is 5.02 Å². The summed E-state index contributed by atoms with van der Waals surface area (Å²) in [6.07, 6.45) is -4.40. The highest BCUT2D eigenvalue weighted by Crippen LogP contribution is 2.27. The first-order chi connectivity index (χ1) is 12.8. The Morgan fingerprint density at radius 2 is 1.85 bits per heavy atom. The minimum atomic E-state index is -4.61. The molecule has 0 radical (unpaired) electrons. The number of nitrogens with zero attached hydrogens (tertiary/aromatic N) is 3. The van der Waals surface area contributed by atoms with E-state index in [1.54, 1.807) is 24.3 Å². The van der Waals surface area contributed by atoms with Crippen molar-refractivity contribution < 1.29 is 22.5 Å². The Hall–Kier alpha value is -2.94. The van der Waals surface area contributed by atoms with Crippen LogP contribution in [-0.4, -0.2) is 27.6 Å². The first-order valence-electron chi connectivity index (χ1n) is 7.74. The maximum Gasteiger partial charge on any atom is 0.433 e. The van der Waals surface area contributed by atoms with Gasteiger partial charge in [-0.3, -0.25) is 4.79 Å². The van der Waals surface area contributed by atoms with Gasteiger partial charge in [0.15, 0.2) is 0 Å². The number of halogens is 4. The maximum absolute atomic E-state index is 12.6. The first-order valence-corrected chi connectivity index (χ1v) is 8.12. The van der Waals surface area contributed by atoms with Crippen LogP contribution in [0.4, 0.5) is 13.2 Å². The molecular formula is C17H12ClF3N4O2. The molecule has 6 nitrogen and oxygen atoms in total. The molecule has 2 heterocycles. The summed E-state index contributed by atoms with van der Waals surface area (Å²) >= 11 is 5.82. The summed E-state index contributed by atoms with van der Waals surface area (Å²) in [6.45, 7) is 0.0962. The fourth-order valence-corrected chi connectivity index (χ4v) is 2.29. The minimum Gasteiger partial charge on any atom is -0.350 e. The van der Waals surface area contributed by atoms with Crippen molar-refractivity contribution in [2.45, 2.75) is 12.6 Å². The number of rotatable bonds is 5. The zero-order valence-corrected chi connectivity index (χ0v) is 14.4. The minimum absolute atomic E-state index is 0.0962. The van der Waals surface area contributed by atoms with Gasteiger partial charge in [0.25, 0.3) is 5.91 Å². The lowest BCUT2D eigenvalue weighted by Gasteiger charge is -2.07. The number of aromatic nitrogens is 3. The molecular weight excluding hydrogens is 385 g/mol. The van der Waals surface area contributed by atoms with Crippen molar-refractivity contribution in [1.82, 2.24) is 20.4 Å². The number of hydrogen-bond donors (Lipinski definition) is 1. The second kappa shape index (κ2) is 7.75. The molecule has 0 aliphatic heterocycles. The highest BCUT2D eigenvalue weighted by Gasteiger charge is 2.32. The average Bonchev–Trinajstić information content (AvgIpc) is 3.10. The monoisotopic (exact) mass is 396 g/mol. The fourth-order valence-electron chi connectivity index (χ4n) is 2.17. The Kier molecular flexibility index (Phi) is 5.41. The van der Waals surface area contributed by atoms with Crippen LogP contribution in [-0.2, 0) is 12.6 Å². The Labute approximate surface area is 156 Å². The van der Waals surface area contributed by atoms with Crippen LogP contribution in [0.15, 0.2) is 47.0 Å². The zero-order chi connectivity index (χ0) is 19.4. The van der Waals surface area contributed by atoms with E-state index in [9.17, 15) is 18.0 Å². The molecule has 0 saturated heterocycles. The Balaban J connectivity index is 1.57. The number of amides is 1. The molecule has 3 aromatic rings. The molecule has 1 N–H and O–H groups in total. The summed E-state index contributed by atoms with van der Waals surface area (Å²) in [7, 11) is 0. The third-order valence-corrected chi connectivity index (χ3v) is 3.72. The van der Waals surface area contributed by atoms with Gasteiger partial charge in [-0.2, -0.15) is 18.2 Å². The summed E-state index contributed by atoms with van der Waals surface area (Å²) in [4.78, 5) is 19.5. The van der Waals surface area contributed by atoms with Crippen molar-refractivity contribution >= 4 is 17.5 Å². The standard InChI is InChI=1S/C17H12ClF3N4O2/c18-11-6-4-10(5-7-11)15-24-14(27-25-15)8-9-22-16(26)12-2-1-3-13(23-12)17(19,20)21/h1-7H,8-9H2,(H,22,26). The Bertz CT molecular complexity index is 942. The van der Waals surface area contributed by atoms with E-state index < -0.39 is 17.8 Å². The van der Waals surface area contributed by atoms with E-state index in [0.717, 1.165) is 12.1 Å². The normalized spacial score (nSPS) is 11.4. The Morgan fingerprint density at radius 1 is 1.11 bits per heavy atom. The van der Waals surface area contributed by atoms with Gasteiger partial charge in [0.2, 0.25) is 11.7 Å². The fraction of sp³-hybridized carbons (Fsp3) is 0.176. The second-order valence-corrected chi connectivity index (χ2v) is 5.87. The molecule has 0 atom stereocenters. The molecule has 0 saturated carbocycles. The van der Waals surface area contributed by atoms with Gasteiger partial charge in [0.05, 0.1) is 0 Å². The predicted octanol–water partition coefficient (Wildman–Crippen LogP) is 3.78. The van der Waals surface area contributed by atoms with E-state index in [0.29, 0.717) is 16.4 Å². The Morgan fingerprint density at radius 3 is 2.56 bits per heavy atom. The predicted molar refractivity (Wildman–Crippen MR) is 90.0 cm³/mol. The molecule has 0 bridgehead atoms. The van der Waals surface area contributed by atoms with E-state index in [1.165, 1.54) is 6.07 Å². The smallest absolute Gasteiger partial charge is 0.350 e. The van der Waals surface area contributed by atoms with Gasteiger partial charge in [0.1, 0.15) is 11.4 Å². The molecule has 2 aromatic heterocycles. The average molecular weight is 397 g/mol. The van der Waals surface area contributed by atoms with Gasteiger partial charge in [-0.1, -0.05) is 22.8 Å². The molecule has 3 rings (SSSR count). The molecule has 0 aliphatic rings. The van der Waals surface area contributed by atoms with Crippen LogP contribution in [0.3, 0.4) is 0 Å². The summed E-state index contributed by atoms with van der Waals surface area (Å²) in [5, 5.41) is 6.88. The number of carbonyl (C=O) groups excluding carboxylic acids is 1. The van der Waals surface area contributed by atoms with Crippen molar-refractivity contribution in [2.75, 3.05) is 6.54 Å². The van der Waals surface area contributed by atoms with Crippen molar-refractivity contribution in [3.05, 3.63) is 64.8 Å². The second-order valence-electron chi connectivity index (χ2n) is 5.43. The van der Waals surface area contributed by atoms with Crippen LogP contribution in [0.25, 0.3) is 11.4 Å². The molecule has 0 aliphatic carbocycles. The van der Waals surface area contributed by atoms with Gasteiger partial charge < -0.3 is 9.84 Å². The van der Waals surface area contributed by atoms with Gasteiger partial charge >= 0.3 is 6.18 Å². The van der Waals surface area contributed by atoms with E-state index in [-0.39, 0.29) is 24.6 Å². The number of alkyl halides is 3. The lowest BCUT2D eigenvalue weighted by Crippen LogP contribution is -2.27. The van der Waals surface area contributed by atoms with Crippen LogP contribution < -0.4 is 5.32 Å². The zero-order valence-electron chi connectivity index (χ0n) is 13.6. The molecule has 0 spiro atoms. The molecule has 0 unspecified atom stereocenters. The molecule has 1 aromatic carbocycles. The molecule has 1 amide bonds. The summed E-state index contributed by atoms with van der Waals surface area (Å²) in [5.74, 6) is -0.0803. The quantitative estimate of drug-likeness (QED) is 0.710. The molecule has 10 heteroatoms. The van der Waals surface area contributed by atoms with Crippen LogP contribution in [0, 0.1) is 0 Å². The highest BCUT2D eigenvalue weighted by molar-refractivity contribution is 6.30. The third-order valence-electron chi connectivity index (χ3n) is 3.47. The van der Waals surface area contributed by atoms with Crippen LogP contribution >= 0.6 is 11.6 Å². The topological polar surface area (TPSA) is 80.9 Å². The summed E-state index contributed by atoms with van der Waals surface area (Å²) in [6, 6.07) is 9.98. The number of benzene rings is 1. The first kappa shape index (κ1) is 18.8. The number of nitrogens with one attached hydrogen (secondary N) is 1. The SMILES string of the molecule is O=C(NCCc1nc(-c2ccc(Cl)cc2)no1)c1cccc(C(F)(F)F)n1. The van der Waals surface area contributed by atoms with Crippen LogP contribution in [0.5, 0.6) is 0 Å². The van der Waals surface area contributed by atoms with E-state index in [1.807, 2.05) is 0 Å². The number of pyridine rings is 1. The van der Waals surface area contributed by atoms with Crippen molar-refractivity contribution in [3.8, 4) is 11.4 Å². The summed E-state index contributed by atoms with van der Waals surface area (Å²) < 4.78 is 43.0. The van der Waals surface area contributed by atoms with Gasteiger partial charge in [-0.25, -0.2) is 4.98 Å². The summed E-state index contributed by atoms with van der Waals surface area (Å²) in [5.41, 5.74) is -0.733. The molecule has 27 heavy (non-hydrogen) atoms. The third kappa shape index (κ3) is 4.82. The van der Waals surface area contributed by atoms with Crippen molar-refractivity contribution in [1.29, 1.82) is 0 Å². The largest absolute Gasteiger partial charge is 0.433 e.